The zero-order valence-electron chi connectivity index (χ0n) is 15.2. The lowest BCUT2D eigenvalue weighted by molar-refractivity contribution is -0.231. The Morgan fingerprint density at radius 3 is 2.61 bits per heavy atom. The lowest BCUT2D eigenvalue weighted by Gasteiger charge is -2.49. The number of ether oxygens (including phenoxy) is 1. The number of hydrogen-bond donors (Lipinski definition) is 0. The van der Waals surface area contributed by atoms with Crippen LogP contribution >= 0.6 is 0 Å². The molecule has 0 radical (unpaired) electrons. The number of hydrogen-bond acceptors (Lipinski definition) is 4. The number of fused-ring (bicyclic) bond motifs is 1. The monoisotopic (exact) mass is 323 g/mol. The molecule has 1 saturated carbocycles. The van der Waals surface area contributed by atoms with Crippen LogP contribution in [0.2, 0.25) is 0 Å². The van der Waals surface area contributed by atoms with Crippen molar-refractivity contribution in [3.05, 3.63) is 12.7 Å². The maximum atomic E-state index is 12.2. The van der Waals surface area contributed by atoms with Crippen LogP contribution in [0, 0.1) is 11.8 Å². The van der Waals surface area contributed by atoms with Crippen LogP contribution in [-0.2, 0) is 14.4 Å². The number of piperidine rings is 1. The van der Waals surface area contributed by atoms with Gasteiger partial charge in [-0.2, -0.15) is 5.06 Å². The molecule has 2 fully saturated rings. The highest BCUT2D eigenvalue weighted by atomic mass is 16.7. The molecule has 4 nitrogen and oxygen atoms in total. The van der Waals surface area contributed by atoms with Crippen molar-refractivity contribution in [2.45, 2.75) is 83.4 Å². The van der Waals surface area contributed by atoms with Crippen LogP contribution < -0.4 is 0 Å². The fourth-order valence-electron chi connectivity index (χ4n) is 4.41. The highest BCUT2D eigenvalue weighted by Gasteiger charge is 2.43. The van der Waals surface area contributed by atoms with Crippen LogP contribution in [-0.4, -0.2) is 35.8 Å². The molecule has 2 aliphatic rings. The predicted molar refractivity (Wildman–Crippen MR) is 91.8 cm³/mol. The molecule has 1 saturated heterocycles. The summed E-state index contributed by atoms with van der Waals surface area (Å²) in [5.74, 6) is 0.906. The van der Waals surface area contributed by atoms with Gasteiger partial charge in [-0.05, 0) is 64.7 Å². The first-order chi connectivity index (χ1) is 10.9. The fraction of sp³-hybridized carbons (Fsp3) is 0.842. The molecule has 4 heteroatoms. The minimum atomic E-state index is -0.397. The third-order valence-corrected chi connectivity index (χ3v) is 5.19. The fourth-order valence-corrected chi connectivity index (χ4v) is 4.41. The van der Waals surface area contributed by atoms with Gasteiger partial charge in [-0.1, -0.05) is 12.5 Å². The van der Waals surface area contributed by atoms with Crippen molar-refractivity contribution < 1.29 is 14.4 Å². The molecule has 0 aromatic carbocycles. The molecule has 0 amide bonds. The van der Waals surface area contributed by atoms with E-state index in [1.807, 2.05) is 26.8 Å². The first-order valence-electron chi connectivity index (χ1n) is 9.01. The number of carbonyl (C=O) groups excluding carboxylic acids is 1. The van der Waals surface area contributed by atoms with E-state index in [1.165, 1.54) is 6.42 Å². The Labute approximate surface area is 141 Å². The van der Waals surface area contributed by atoms with Gasteiger partial charge in [0.05, 0.1) is 7.11 Å². The Hall–Kier alpha value is -0.870. The highest BCUT2D eigenvalue weighted by Crippen LogP contribution is 2.43. The Morgan fingerprint density at radius 2 is 2.00 bits per heavy atom. The average Bonchev–Trinajstić information content (AvgIpc) is 2.45. The summed E-state index contributed by atoms with van der Waals surface area (Å²) in [5, 5.41) is 2.19. The van der Waals surface area contributed by atoms with Crippen LogP contribution in [0.4, 0.5) is 0 Å². The van der Waals surface area contributed by atoms with Crippen molar-refractivity contribution in [3.63, 3.8) is 0 Å². The number of esters is 1. The van der Waals surface area contributed by atoms with Gasteiger partial charge in [0.25, 0.3) is 0 Å². The molecule has 1 aliphatic heterocycles. The molecular formula is C19H33NO3. The van der Waals surface area contributed by atoms with Crippen molar-refractivity contribution >= 4 is 5.97 Å². The maximum Gasteiger partial charge on any atom is 0.306 e. The second-order valence-corrected chi connectivity index (χ2v) is 8.01. The van der Waals surface area contributed by atoms with E-state index in [-0.39, 0.29) is 5.97 Å². The van der Waals surface area contributed by atoms with E-state index in [2.05, 4.69) is 11.6 Å². The van der Waals surface area contributed by atoms with Crippen LogP contribution in [0.15, 0.2) is 12.7 Å². The normalized spacial score (nSPS) is 32.2. The molecule has 23 heavy (non-hydrogen) atoms. The van der Waals surface area contributed by atoms with E-state index >= 15 is 0 Å². The van der Waals surface area contributed by atoms with Gasteiger partial charge < -0.3 is 9.57 Å². The number of rotatable bonds is 5. The van der Waals surface area contributed by atoms with E-state index < -0.39 is 5.60 Å². The lowest BCUT2D eigenvalue weighted by atomic mass is 9.69. The molecule has 132 valence electrons. The molecular weight excluding hydrogens is 290 g/mol. The second-order valence-electron chi connectivity index (χ2n) is 8.01. The Kier molecular flexibility index (Phi) is 6.26. The molecule has 0 spiro atoms. The van der Waals surface area contributed by atoms with Crippen molar-refractivity contribution in [2.75, 3.05) is 7.11 Å². The van der Waals surface area contributed by atoms with Crippen LogP contribution in [0.3, 0.4) is 0 Å². The van der Waals surface area contributed by atoms with Crippen molar-refractivity contribution in [2.24, 2.45) is 11.8 Å². The van der Waals surface area contributed by atoms with Crippen molar-refractivity contribution in [1.82, 2.24) is 5.06 Å². The third kappa shape index (κ3) is 4.80. The average molecular weight is 323 g/mol. The summed E-state index contributed by atoms with van der Waals surface area (Å²) in [6.45, 7) is 9.67. The Morgan fingerprint density at radius 1 is 1.26 bits per heavy atom. The summed E-state index contributed by atoms with van der Waals surface area (Å²) in [6.07, 6.45) is 9.24. The van der Waals surface area contributed by atoms with Gasteiger partial charge in [-0.3, -0.25) is 4.79 Å². The van der Waals surface area contributed by atoms with Crippen LogP contribution in [0.1, 0.15) is 65.7 Å². The van der Waals surface area contributed by atoms with E-state index in [4.69, 9.17) is 9.57 Å². The van der Waals surface area contributed by atoms with Crippen molar-refractivity contribution in [3.8, 4) is 0 Å². The van der Waals surface area contributed by atoms with E-state index in [0.29, 0.717) is 30.3 Å². The quantitative estimate of drug-likeness (QED) is 0.564. The second kappa shape index (κ2) is 7.80. The summed E-state index contributed by atoms with van der Waals surface area (Å²) >= 11 is 0. The molecule has 1 aliphatic carbocycles. The minimum Gasteiger partial charge on any atom is -0.460 e. The van der Waals surface area contributed by atoms with Crippen LogP contribution in [0.25, 0.3) is 0 Å². The number of hydroxylamine groups is 2. The van der Waals surface area contributed by atoms with Crippen LogP contribution in [0.5, 0.6) is 0 Å². The summed E-state index contributed by atoms with van der Waals surface area (Å²) < 4.78 is 5.54. The van der Waals surface area contributed by atoms with Gasteiger partial charge >= 0.3 is 5.97 Å². The molecule has 1 heterocycles. The summed E-state index contributed by atoms with van der Waals surface area (Å²) in [4.78, 5) is 18.0. The first-order valence-corrected chi connectivity index (χ1v) is 9.01. The molecule has 4 atom stereocenters. The lowest BCUT2D eigenvalue weighted by Crippen LogP contribution is -2.53. The number of carbonyl (C=O) groups is 1. The zero-order valence-corrected chi connectivity index (χ0v) is 15.2. The molecule has 0 aromatic heterocycles. The topological polar surface area (TPSA) is 38.8 Å². The summed E-state index contributed by atoms with van der Waals surface area (Å²) in [5.41, 5.74) is -0.397. The SMILES string of the molecule is C=CC[C@@H]1CC[C@H]2[C@H](CC(=O)OC(C)(C)C)CCC[C@H]2N1OC. The third-order valence-electron chi connectivity index (χ3n) is 5.19. The van der Waals surface area contributed by atoms with E-state index in [1.54, 1.807) is 7.11 Å². The van der Waals surface area contributed by atoms with E-state index in [0.717, 1.165) is 32.1 Å². The van der Waals surface area contributed by atoms with Gasteiger partial charge in [0, 0.05) is 18.5 Å². The first kappa shape index (κ1) is 18.5. The van der Waals surface area contributed by atoms with Gasteiger partial charge in [0.2, 0.25) is 0 Å². The smallest absolute Gasteiger partial charge is 0.306 e. The van der Waals surface area contributed by atoms with E-state index in [9.17, 15) is 4.79 Å². The van der Waals surface area contributed by atoms with Gasteiger partial charge in [0.15, 0.2) is 0 Å². The molecule has 0 unspecified atom stereocenters. The predicted octanol–water partition coefficient (Wildman–Crippen LogP) is 4.11. The Balaban J connectivity index is 2.02. The molecule has 0 bridgehead atoms. The van der Waals surface area contributed by atoms with Gasteiger partial charge in [-0.25, -0.2) is 0 Å². The largest absolute Gasteiger partial charge is 0.460 e. The Bertz CT molecular complexity index is 415. The standard InChI is InChI=1S/C19H33NO3/c1-6-8-15-11-12-16-14(13-18(21)23-19(2,3)4)9-7-10-17(16)20(15)22-5/h6,14-17H,1,7-13H2,2-5H3/t14-,15+,16-,17+/m0/s1. The highest BCUT2D eigenvalue weighted by molar-refractivity contribution is 5.70. The zero-order chi connectivity index (χ0) is 17.0. The van der Waals surface area contributed by atoms with Gasteiger partial charge in [-0.15, -0.1) is 6.58 Å². The molecule has 0 N–H and O–H groups in total. The van der Waals surface area contributed by atoms with Gasteiger partial charge in [0.1, 0.15) is 5.60 Å². The number of nitrogens with zero attached hydrogens (tertiary/aromatic N) is 1. The van der Waals surface area contributed by atoms with Crippen molar-refractivity contribution in [1.29, 1.82) is 0 Å². The maximum absolute atomic E-state index is 12.2. The summed E-state index contributed by atoms with van der Waals surface area (Å²) in [6, 6.07) is 0.860. The summed E-state index contributed by atoms with van der Waals surface area (Å²) in [7, 11) is 1.77. The molecule has 2 rings (SSSR count). The molecule has 0 aromatic rings. The minimum absolute atomic E-state index is 0.0552.